The number of phenols is 1. The smallest absolute Gasteiger partial charge is 0.180 e. The Balaban J connectivity index is 0.00000220. The third-order valence-corrected chi connectivity index (χ3v) is 3.18. The molecule has 4 heteroatoms. The highest BCUT2D eigenvalue weighted by molar-refractivity contribution is 6.00. The molecule has 0 amide bonds. The van der Waals surface area contributed by atoms with E-state index < -0.39 is 0 Å². The first-order valence-corrected chi connectivity index (χ1v) is 6.81. The monoisotopic (exact) mass is 305 g/mol. The second-order valence-electron chi connectivity index (χ2n) is 4.71. The molecule has 112 valence electrons. The van der Waals surface area contributed by atoms with Gasteiger partial charge >= 0.3 is 0 Å². The summed E-state index contributed by atoms with van der Waals surface area (Å²) in [7, 11) is 0. The molecule has 0 spiro atoms. The Labute approximate surface area is 131 Å². The number of hydrogen-bond acceptors (Lipinski definition) is 3. The molecule has 0 heterocycles. The molecule has 0 bridgehead atoms. The fourth-order valence-corrected chi connectivity index (χ4v) is 2.21. The van der Waals surface area contributed by atoms with Crippen molar-refractivity contribution in [1.82, 2.24) is 5.32 Å². The van der Waals surface area contributed by atoms with E-state index in [2.05, 4.69) is 5.32 Å². The number of aromatic hydroxyl groups is 1. The molecule has 21 heavy (non-hydrogen) atoms. The standard InChI is InChI=1S/C17H19NO2.ClH/c1-2-18-16(11-13-7-4-3-5-8-13)17(20)14-9-6-10-15(19)12-14;/h3-10,12,16,18-19H,2,11H2,1H3;1H. The highest BCUT2D eigenvalue weighted by atomic mass is 35.5. The van der Waals surface area contributed by atoms with Gasteiger partial charge < -0.3 is 10.4 Å². The van der Waals surface area contributed by atoms with Crippen LogP contribution in [-0.2, 0) is 6.42 Å². The van der Waals surface area contributed by atoms with Crippen LogP contribution >= 0.6 is 12.4 Å². The van der Waals surface area contributed by atoms with Crippen LogP contribution in [0.4, 0.5) is 0 Å². The van der Waals surface area contributed by atoms with Gasteiger partial charge in [0.2, 0.25) is 0 Å². The maximum Gasteiger partial charge on any atom is 0.180 e. The van der Waals surface area contributed by atoms with Crippen molar-refractivity contribution in [3.63, 3.8) is 0 Å². The summed E-state index contributed by atoms with van der Waals surface area (Å²) >= 11 is 0. The molecule has 0 saturated carbocycles. The van der Waals surface area contributed by atoms with Gasteiger partial charge in [-0.15, -0.1) is 12.4 Å². The number of Topliss-reactive ketones (excluding diaryl/α,β-unsaturated/α-hetero) is 1. The summed E-state index contributed by atoms with van der Waals surface area (Å²) in [4.78, 5) is 12.5. The van der Waals surface area contributed by atoms with Crippen molar-refractivity contribution in [2.75, 3.05) is 6.54 Å². The van der Waals surface area contributed by atoms with Crippen molar-refractivity contribution in [3.8, 4) is 5.75 Å². The largest absolute Gasteiger partial charge is 0.508 e. The fourth-order valence-electron chi connectivity index (χ4n) is 2.21. The molecule has 0 radical (unpaired) electrons. The lowest BCUT2D eigenvalue weighted by atomic mass is 9.97. The Morgan fingerprint density at radius 2 is 1.86 bits per heavy atom. The maximum atomic E-state index is 12.5. The minimum atomic E-state index is -0.274. The Morgan fingerprint density at radius 1 is 1.14 bits per heavy atom. The van der Waals surface area contributed by atoms with Gasteiger partial charge in [-0.3, -0.25) is 4.79 Å². The number of phenolic OH excluding ortho intramolecular Hbond substituents is 1. The van der Waals surface area contributed by atoms with Crippen LogP contribution in [0.1, 0.15) is 22.8 Å². The zero-order valence-electron chi connectivity index (χ0n) is 12.0. The quantitative estimate of drug-likeness (QED) is 0.806. The van der Waals surface area contributed by atoms with E-state index in [9.17, 15) is 9.90 Å². The van der Waals surface area contributed by atoms with Crippen molar-refractivity contribution < 1.29 is 9.90 Å². The van der Waals surface area contributed by atoms with Crippen LogP contribution in [0.15, 0.2) is 54.6 Å². The number of rotatable bonds is 6. The maximum absolute atomic E-state index is 12.5. The van der Waals surface area contributed by atoms with Gasteiger partial charge in [0.15, 0.2) is 5.78 Å². The van der Waals surface area contributed by atoms with Gasteiger partial charge in [0.25, 0.3) is 0 Å². The van der Waals surface area contributed by atoms with Crippen molar-refractivity contribution >= 4 is 18.2 Å². The van der Waals surface area contributed by atoms with E-state index in [4.69, 9.17) is 0 Å². The lowest BCUT2D eigenvalue weighted by molar-refractivity contribution is 0.0943. The third-order valence-electron chi connectivity index (χ3n) is 3.18. The predicted molar refractivity (Wildman–Crippen MR) is 87.3 cm³/mol. The summed E-state index contributed by atoms with van der Waals surface area (Å²) in [6.07, 6.45) is 0.642. The molecule has 1 atom stereocenters. The van der Waals surface area contributed by atoms with Crippen molar-refractivity contribution in [2.24, 2.45) is 0 Å². The normalized spacial score (nSPS) is 11.5. The van der Waals surface area contributed by atoms with E-state index in [0.29, 0.717) is 12.0 Å². The van der Waals surface area contributed by atoms with Gasteiger partial charge in [-0.25, -0.2) is 0 Å². The third kappa shape index (κ3) is 4.88. The summed E-state index contributed by atoms with van der Waals surface area (Å²) in [6.45, 7) is 2.70. The molecule has 3 nitrogen and oxygen atoms in total. The molecule has 0 fully saturated rings. The molecule has 0 aliphatic rings. The van der Waals surface area contributed by atoms with Crippen LogP contribution < -0.4 is 5.32 Å². The number of hydrogen-bond donors (Lipinski definition) is 2. The first-order valence-electron chi connectivity index (χ1n) is 6.81. The number of ketones is 1. The first kappa shape index (κ1) is 17.2. The minimum Gasteiger partial charge on any atom is -0.508 e. The molecule has 2 aromatic rings. The Morgan fingerprint density at radius 3 is 2.48 bits per heavy atom. The Hall–Kier alpha value is -1.84. The van der Waals surface area contributed by atoms with Gasteiger partial charge in [0, 0.05) is 5.56 Å². The van der Waals surface area contributed by atoms with Crippen LogP contribution in [0.3, 0.4) is 0 Å². The van der Waals surface area contributed by atoms with Crippen LogP contribution in [0, 0.1) is 0 Å². The SMILES string of the molecule is CCNC(Cc1ccccc1)C(=O)c1cccc(O)c1.Cl. The summed E-state index contributed by atoms with van der Waals surface area (Å²) < 4.78 is 0. The van der Waals surface area contributed by atoms with Crippen molar-refractivity contribution in [2.45, 2.75) is 19.4 Å². The lowest BCUT2D eigenvalue weighted by Crippen LogP contribution is -2.38. The van der Waals surface area contributed by atoms with E-state index >= 15 is 0 Å². The molecule has 2 rings (SSSR count). The molecular formula is C17H20ClNO2. The van der Waals surface area contributed by atoms with Crippen molar-refractivity contribution in [1.29, 1.82) is 0 Å². The lowest BCUT2D eigenvalue weighted by Gasteiger charge is -2.17. The molecule has 2 N–H and O–H groups in total. The van der Waals surface area contributed by atoms with Crippen LogP contribution in [0.25, 0.3) is 0 Å². The van der Waals surface area contributed by atoms with E-state index in [1.54, 1.807) is 18.2 Å². The number of carbonyl (C=O) groups excluding carboxylic acids is 1. The average Bonchev–Trinajstić information content (AvgIpc) is 2.47. The van der Waals surface area contributed by atoms with Crippen LogP contribution in [0.5, 0.6) is 5.75 Å². The van der Waals surface area contributed by atoms with Gasteiger partial charge in [0.05, 0.1) is 6.04 Å². The molecule has 0 aliphatic heterocycles. The van der Waals surface area contributed by atoms with Crippen molar-refractivity contribution in [3.05, 3.63) is 65.7 Å². The summed E-state index contributed by atoms with van der Waals surface area (Å²) in [5.41, 5.74) is 1.65. The molecule has 0 aliphatic carbocycles. The number of halogens is 1. The van der Waals surface area contributed by atoms with Crippen LogP contribution in [-0.4, -0.2) is 23.5 Å². The Kier molecular flexibility index (Phi) is 6.92. The van der Waals surface area contributed by atoms with Gasteiger partial charge in [0.1, 0.15) is 5.75 Å². The zero-order chi connectivity index (χ0) is 14.4. The number of likely N-dealkylation sites (N-methyl/N-ethyl adjacent to an activating group) is 1. The fraction of sp³-hybridized carbons (Fsp3) is 0.235. The topological polar surface area (TPSA) is 49.3 Å². The van der Waals surface area contributed by atoms with E-state index in [0.717, 1.165) is 12.1 Å². The predicted octanol–water partition coefficient (Wildman–Crippen LogP) is 3.22. The van der Waals surface area contributed by atoms with Gasteiger partial charge in [-0.2, -0.15) is 0 Å². The van der Waals surface area contributed by atoms with E-state index in [-0.39, 0.29) is 30.0 Å². The second-order valence-corrected chi connectivity index (χ2v) is 4.71. The summed E-state index contributed by atoms with van der Waals surface area (Å²) in [5, 5.41) is 12.7. The number of benzene rings is 2. The highest BCUT2D eigenvalue weighted by Gasteiger charge is 2.19. The average molecular weight is 306 g/mol. The molecule has 1 unspecified atom stereocenters. The minimum absolute atomic E-state index is 0. The van der Waals surface area contributed by atoms with E-state index in [1.807, 2.05) is 37.3 Å². The zero-order valence-corrected chi connectivity index (χ0v) is 12.8. The Bertz CT molecular complexity index is 572. The first-order chi connectivity index (χ1) is 9.70. The van der Waals surface area contributed by atoms with Gasteiger partial charge in [-0.05, 0) is 30.7 Å². The summed E-state index contributed by atoms with van der Waals surface area (Å²) in [5.74, 6) is 0.123. The van der Waals surface area contributed by atoms with E-state index in [1.165, 1.54) is 6.07 Å². The molecule has 2 aromatic carbocycles. The number of carbonyl (C=O) groups is 1. The highest BCUT2D eigenvalue weighted by Crippen LogP contribution is 2.14. The molecule has 0 aromatic heterocycles. The van der Waals surface area contributed by atoms with Crippen LogP contribution in [0.2, 0.25) is 0 Å². The van der Waals surface area contributed by atoms with Gasteiger partial charge in [-0.1, -0.05) is 49.4 Å². The number of nitrogens with one attached hydrogen (secondary N) is 1. The summed E-state index contributed by atoms with van der Waals surface area (Å²) in [6, 6.07) is 16.2. The second kappa shape index (κ2) is 8.45. The molecular weight excluding hydrogens is 286 g/mol. The molecule has 0 saturated heterocycles.